The van der Waals surface area contributed by atoms with Crippen LogP contribution >= 0.6 is 0 Å². The van der Waals surface area contributed by atoms with Gasteiger partial charge in [-0.1, -0.05) is 29.8 Å². The molecule has 0 aliphatic carbocycles. The minimum atomic E-state index is -2.88. The van der Waals surface area contributed by atoms with Crippen LogP contribution in [0.1, 0.15) is 35.7 Å². The van der Waals surface area contributed by atoms with Gasteiger partial charge in [-0.2, -0.15) is 8.78 Å². The third kappa shape index (κ3) is 5.63. The molecule has 3 rings (SSSR count). The van der Waals surface area contributed by atoms with Crippen molar-refractivity contribution in [1.29, 1.82) is 0 Å². The molecule has 1 N–H and O–H groups in total. The molecule has 2 aromatic rings. The summed E-state index contributed by atoms with van der Waals surface area (Å²) in [6.45, 7) is 2.26. The maximum absolute atomic E-state index is 12.7. The number of piperidine rings is 1. The average molecular weight is 416 g/mol. The third-order valence-electron chi connectivity index (χ3n) is 5.51. The van der Waals surface area contributed by atoms with Gasteiger partial charge in [-0.05, 0) is 64.0 Å². The van der Waals surface area contributed by atoms with E-state index in [0.717, 1.165) is 11.1 Å². The number of amides is 1. The van der Waals surface area contributed by atoms with E-state index in [1.165, 1.54) is 24.3 Å². The van der Waals surface area contributed by atoms with Crippen LogP contribution in [-0.2, 0) is 4.79 Å². The Bertz CT molecular complexity index is 861. The molecule has 1 amide bonds. The quantitative estimate of drug-likeness (QED) is 0.675. The number of alkyl halides is 2. The SMILES string of the molecule is Cc1ccc(C(=O)C2CCN(C(C)C(=O)Nc3ccc(OC(F)F)cc3)CC2)cc1. The number of carbonyl (C=O) groups excluding carboxylic acids is 2. The zero-order valence-electron chi connectivity index (χ0n) is 17.1. The van der Waals surface area contributed by atoms with E-state index in [0.29, 0.717) is 31.6 Å². The van der Waals surface area contributed by atoms with E-state index in [9.17, 15) is 18.4 Å². The standard InChI is InChI=1S/C23H26F2N2O3/c1-15-3-5-17(6-4-15)21(28)18-11-13-27(14-12-18)16(2)22(29)26-19-7-9-20(10-8-19)30-23(24)25/h3-10,16,18,23H,11-14H2,1-2H3,(H,26,29). The first-order valence-electron chi connectivity index (χ1n) is 10.0. The molecular formula is C23H26F2N2O3. The van der Waals surface area contributed by atoms with Crippen molar-refractivity contribution in [3.63, 3.8) is 0 Å². The lowest BCUT2D eigenvalue weighted by Gasteiger charge is -2.34. The summed E-state index contributed by atoms with van der Waals surface area (Å²) < 4.78 is 28.7. The van der Waals surface area contributed by atoms with Crippen molar-refractivity contribution in [2.24, 2.45) is 5.92 Å². The molecule has 1 unspecified atom stereocenters. The molecule has 0 radical (unpaired) electrons. The van der Waals surface area contributed by atoms with Gasteiger partial charge in [-0.15, -0.1) is 0 Å². The number of anilines is 1. The van der Waals surface area contributed by atoms with Crippen molar-refractivity contribution in [3.05, 3.63) is 59.7 Å². The van der Waals surface area contributed by atoms with Gasteiger partial charge in [-0.25, -0.2) is 0 Å². The second kappa shape index (κ2) is 9.80. The van der Waals surface area contributed by atoms with Crippen LogP contribution < -0.4 is 10.1 Å². The highest BCUT2D eigenvalue weighted by Gasteiger charge is 2.30. The number of ether oxygens (including phenoxy) is 1. The highest BCUT2D eigenvalue weighted by atomic mass is 19.3. The number of hydrogen-bond acceptors (Lipinski definition) is 4. The van der Waals surface area contributed by atoms with Crippen LogP contribution in [0.4, 0.5) is 14.5 Å². The van der Waals surface area contributed by atoms with Gasteiger partial charge in [0.2, 0.25) is 5.91 Å². The molecular weight excluding hydrogens is 390 g/mol. The number of carbonyl (C=O) groups is 2. The van der Waals surface area contributed by atoms with Crippen molar-refractivity contribution in [3.8, 4) is 5.75 Å². The molecule has 30 heavy (non-hydrogen) atoms. The Balaban J connectivity index is 1.50. The first kappa shape index (κ1) is 21.9. The van der Waals surface area contributed by atoms with E-state index < -0.39 is 6.61 Å². The van der Waals surface area contributed by atoms with Gasteiger partial charge in [0.1, 0.15) is 5.75 Å². The van der Waals surface area contributed by atoms with Crippen molar-refractivity contribution < 1.29 is 23.1 Å². The van der Waals surface area contributed by atoms with Crippen LogP contribution in [0.15, 0.2) is 48.5 Å². The fourth-order valence-electron chi connectivity index (χ4n) is 3.63. The normalized spacial score (nSPS) is 16.3. The minimum Gasteiger partial charge on any atom is -0.435 e. The molecule has 1 aliphatic rings. The maximum Gasteiger partial charge on any atom is 0.387 e. The maximum atomic E-state index is 12.7. The largest absolute Gasteiger partial charge is 0.435 e. The Morgan fingerprint density at radius 1 is 1.03 bits per heavy atom. The molecule has 0 bridgehead atoms. The predicted octanol–water partition coefficient (Wildman–Crippen LogP) is 4.52. The van der Waals surface area contributed by atoms with Crippen LogP contribution in [0.5, 0.6) is 5.75 Å². The van der Waals surface area contributed by atoms with Gasteiger partial charge in [0.15, 0.2) is 5.78 Å². The monoisotopic (exact) mass is 416 g/mol. The molecule has 7 heteroatoms. The van der Waals surface area contributed by atoms with Crippen molar-refractivity contribution in [2.75, 3.05) is 18.4 Å². The van der Waals surface area contributed by atoms with Crippen molar-refractivity contribution in [1.82, 2.24) is 4.90 Å². The Labute approximate surface area is 175 Å². The fourth-order valence-corrected chi connectivity index (χ4v) is 3.63. The molecule has 5 nitrogen and oxygen atoms in total. The smallest absolute Gasteiger partial charge is 0.387 e. The molecule has 2 aromatic carbocycles. The lowest BCUT2D eigenvalue weighted by molar-refractivity contribution is -0.121. The highest BCUT2D eigenvalue weighted by molar-refractivity contribution is 5.98. The third-order valence-corrected chi connectivity index (χ3v) is 5.51. The Kier molecular flexibility index (Phi) is 7.15. The molecule has 0 aromatic heterocycles. The summed E-state index contributed by atoms with van der Waals surface area (Å²) >= 11 is 0. The average Bonchev–Trinajstić information content (AvgIpc) is 2.74. The van der Waals surface area contributed by atoms with Crippen LogP contribution in [-0.4, -0.2) is 42.3 Å². The molecule has 160 valence electrons. The number of nitrogens with one attached hydrogen (secondary N) is 1. The minimum absolute atomic E-state index is 0.0263. The van der Waals surface area contributed by atoms with Gasteiger partial charge in [0.05, 0.1) is 6.04 Å². The first-order chi connectivity index (χ1) is 14.3. The Morgan fingerprint density at radius 3 is 2.20 bits per heavy atom. The Hall–Kier alpha value is -2.80. The molecule has 0 spiro atoms. The number of benzene rings is 2. The number of nitrogens with zero attached hydrogens (tertiary/aromatic N) is 1. The second-order valence-electron chi connectivity index (χ2n) is 7.61. The number of rotatable bonds is 7. The molecule has 1 heterocycles. The lowest BCUT2D eigenvalue weighted by Crippen LogP contribution is -2.47. The molecule has 1 fully saturated rings. The summed E-state index contributed by atoms with van der Waals surface area (Å²) in [7, 11) is 0. The molecule has 1 saturated heterocycles. The number of likely N-dealkylation sites (tertiary alicyclic amines) is 1. The summed E-state index contributed by atoms with van der Waals surface area (Å²) in [6.07, 6.45) is 1.42. The zero-order valence-corrected chi connectivity index (χ0v) is 17.1. The molecule has 0 saturated carbocycles. The van der Waals surface area contributed by atoms with E-state index >= 15 is 0 Å². The van der Waals surface area contributed by atoms with Gasteiger partial charge < -0.3 is 10.1 Å². The fraction of sp³-hybridized carbons (Fsp3) is 0.391. The lowest BCUT2D eigenvalue weighted by atomic mass is 9.88. The zero-order chi connectivity index (χ0) is 21.7. The summed E-state index contributed by atoms with van der Waals surface area (Å²) in [4.78, 5) is 27.3. The van der Waals surface area contributed by atoms with E-state index in [1.54, 1.807) is 0 Å². The molecule has 1 atom stereocenters. The van der Waals surface area contributed by atoms with E-state index in [1.807, 2.05) is 38.1 Å². The summed E-state index contributed by atoms with van der Waals surface area (Å²) in [5, 5.41) is 2.79. The number of aryl methyl sites for hydroxylation is 1. The predicted molar refractivity (Wildman–Crippen MR) is 111 cm³/mol. The van der Waals surface area contributed by atoms with Gasteiger partial charge in [0.25, 0.3) is 0 Å². The molecule has 1 aliphatic heterocycles. The van der Waals surface area contributed by atoms with Gasteiger partial charge in [-0.3, -0.25) is 14.5 Å². The van der Waals surface area contributed by atoms with Crippen LogP contribution in [0.2, 0.25) is 0 Å². The number of ketones is 1. The van der Waals surface area contributed by atoms with E-state index in [2.05, 4.69) is 15.0 Å². The number of Topliss-reactive ketones (excluding diaryl/α,β-unsaturated/α-hetero) is 1. The second-order valence-corrected chi connectivity index (χ2v) is 7.61. The first-order valence-corrected chi connectivity index (χ1v) is 10.0. The van der Waals surface area contributed by atoms with Crippen LogP contribution in [0.25, 0.3) is 0 Å². The summed E-state index contributed by atoms with van der Waals surface area (Å²) in [6, 6.07) is 13.1. The van der Waals surface area contributed by atoms with E-state index in [-0.39, 0.29) is 29.4 Å². The van der Waals surface area contributed by atoms with Gasteiger partial charge >= 0.3 is 6.61 Å². The number of hydrogen-bond donors (Lipinski definition) is 1. The van der Waals surface area contributed by atoms with Crippen molar-refractivity contribution >= 4 is 17.4 Å². The van der Waals surface area contributed by atoms with Gasteiger partial charge in [0, 0.05) is 17.2 Å². The van der Waals surface area contributed by atoms with Crippen LogP contribution in [0.3, 0.4) is 0 Å². The topological polar surface area (TPSA) is 58.6 Å². The Morgan fingerprint density at radius 2 is 1.63 bits per heavy atom. The number of halogens is 2. The van der Waals surface area contributed by atoms with E-state index in [4.69, 9.17) is 0 Å². The van der Waals surface area contributed by atoms with Crippen molar-refractivity contribution in [2.45, 2.75) is 39.3 Å². The summed E-state index contributed by atoms with van der Waals surface area (Å²) in [5.41, 5.74) is 2.37. The summed E-state index contributed by atoms with van der Waals surface area (Å²) in [5.74, 6) is -0.00309. The van der Waals surface area contributed by atoms with Crippen LogP contribution in [0, 0.1) is 12.8 Å². The highest BCUT2D eigenvalue weighted by Crippen LogP contribution is 2.24.